The van der Waals surface area contributed by atoms with Crippen LogP contribution in [0, 0.1) is 0 Å². The zero-order valence-electron chi connectivity index (χ0n) is 12.3. The number of amides is 1. The molecule has 20 heavy (non-hydrogen) atoms. The van der Waals surface area contributed by atoms with Crippen molar-refractivity contribution >= 4 is 17.6 Å². The quantitative estimate of drug-likeness (QED) is 0.830. The molecule has 0 radical (unpaired) electrons. The highest BCUT2D eigenvalue weighted by Gasteiger charge is 2.32. The van der Waals surface area contributed by atoms with Crippen molar-refractivity contribution in [3.63, 3.8) is 0 Å². The Balaban J connectivity index is 3.00. The van der Waals surface area contributed by atoms with Gasteiger partial charge >= 0.3 is 5.97 Å². The van der Waals surface area contributed by atoms with Crippen LogP contribution >= 0.6 is 0 Å². The Labute approximate surface area is 118 Å². The summed E-state index contributed by atoms with van der Waals surface area (Å²) in [5.41, 5.74) is -0.207. The molecule has 0 aromatic carbocycles. The number of anilines is 1. The predicted octanol–water partition coefficient (Wildman–Crippen LogP) is 1.84. The van der Waals surface area contributed by atoms with E-state index >= 15 is 0 Å². The second-order valence-electron chi connectivity index (χ2n) is 5.14. The Morgan fingerprint density at radius 2 is 2.10 bits per heavy atom. The van der Waals surface area contributed by atoms with Crippen LogP contribution in [0.3, 0.4) is 0 Å². The largest absolute Gasteiger partial charge is 0.480 e. The summed E-state index contributed by atoms with van der Waals surface area (Å²) in [5, 5.41) is 12.3. The van der Waals surface area contributed by atoms with Crippen molar-refractivity contribution in [2.24, 2.45) is 0 Å². The molecule has 1 unspecified atom stereocenters. The van der Waals surface area contributed by atoms with Gasteiger partial charge in [-0.3, -0.25) is 9.78 Å². The van der Waals surface area contributed by atoms with Crippen LogP contribution in [0.1, 0.15) is 37.2 Å². The highest BCUT2D eigenvalue weighted by Crippen LogP contribution is 2.21. The number of hydrogen-bond donors (Lipinski definition) is 2. The van der Waals surface area contributed by atoms with Crippen LogP contribution in [0.4, 0.5) is 5.69 Å². The normalized spacial score (nSPS) is 13.4. The molecule has 0 aliphatic carbocycles. The number of carboxylic acids is 1. The first kappa shape index (κ1) is 15.9. The number of nitrogens with zero attached hydrogens (tertiary/aromatic N) is 2. The molecule has 0 saturated carbocycles. The number of carbonyl (C=O) groups excluding carboxylic acids is 1. The van der Waals surface area contributed by atoms with Crippen LogP contribution in [-0.2, 0) is 4.79 Å². The van der Waals surface area contributed by atoms with Gasteiger partial charge in [0.25, 0.3) is 5.91 Å². The fraction of sp³-hybridized carbons (Fsp3) is 0.500. The van der Waals surface area contributed by atoms with Crippen LogP contribution in [0.15, 0.2) is 18.3 Å². The molecule has 6 nitrogen and oxygen atoms in total. The van der Waals surface area contributed by atoms with Crippen molar-refractivity contribution in [1.29, 1.82) is 0 Å². The first-order valence-electron chi connectivity index (χ1n) is 6.49. The molecular weight excluding hydrogens is 258 g/mol. The van der Waals surface area contributed by atoms with Crippen molar-refractivity contribution < 1.29 is 14.7 Å². The maximum absolute atomic E-state index is 11.8. The van der Waals surface area contributed by atoms with Crippen molar-refractivity contribution in [3.8, 4) is 0 Å². The lowest BCUT2D eigenvalue weighted by atomic mass is 9.96. The van der Waals surface area contributed by atoms with Crippen molar-refractivity contribution in [1.82, 2.24) is 9.88 Å². The van der Waals surface area contributed by atoms with Crippen LogP contribution in [0.5, 0.6) is 0 Å². The van der Waals surface area contributed by atoms with Gasteiger partial charge in [-0.2, -0.15) is 0 Å². The summed E-state index contributed by atoms with van der Waals surface area (Å²) in [6, 6.07) is 3.22. The maximum Gasteiger partial charge on any atom is 0.329 e. The van der Waals surface area contributed by atoms with Crippen LogP contribution in [0.2, 0.25) is 0 Å². The highest BCUT2D eigenvalue weighted by atomic mass is 16.4. The number of carboxylic acid groups (broad SMARTS) is 1. The molecule has 1 heterocycles. The van der Waals surface area contributed by atoms with E-state index < -0.39 is 11.5 Å². The standard InChI is InChI=1S/C14H21N3O3/c1-5-7-14(2,13(19)20)16-10-6-8-15-11(9-10)12(18)17(3)4/h6,8-9H,5,7H2,1-4H3,(H,15,16)(H,19,20). The molecule has 0 fully saturated rings. The van der Waals surface area contributed by atoms with Gasteiger partial charge in [0.05, 0.1) is 0 Å². The average molecular weight is 279 g/mol. The molecule has 0 saturated heterocycles. The lowest BCUT2D eigenvalue weighted by Gasteiger charge is -2.27. The highest BCUT2D eigenvalue weighted by molar-refractivity contribution is 5.93. The molecule has 1 rings (SSSR count). The van der Waals surface area contributed by atoms with Crippen molar-refractivity contribution in [2.45, 2.75) is 32.2 Å². The smallest absolute Gasteiger partial charge is 0.329 e. The molecule has 0 bridgehead atoms. The SMILES string of the molecule is CCCC(C)(Nc1ccnc(C(=O)N(C)C)c1)C(=O)O. The summed E-state index contributed by atoms with van der Waals surface area (Å²) in [7, 11) is 3.28. The van der Waals surface area contributed by atoms with Crippen LogP contribution in [0.25, 0.3) is 0 Å². The average Bonchev–Trinajstić information content (AvgIpc) is 2.38. The molecule has 110 valence electrons. The van der Waals surface area contributed by atoms with Gasteiger partial charge in [-0.15, -0.1) is 0 Å². The third-order valence-electron chi connectivity index (χ3n) is 3.03. The zero-order chi connectivity index (χ0) is 15.3. The van der Waals surface area contributed by atoms with Gasteiger partial charge in [-0.05, 0) is 25.5 Å². The first-order chi connectivity index (χ1) is 9.30. The summed E-state index contributed by atoms with van der Waals surface area (Å²) >= 11 is 0. The molecule has 1 aromatic rings. The van der Waals surface area contributed by atoms with Gasteiger partial charge in [-0.1, -0.05) is 13.3 Å². The molecule has 0 spiro atoms. The second kappa shape index (κ2) is 6.36. The van der Waals surface area contributed by atoms with Crippen molar-refractivity contribution in [2.75, 3.05) is 19.4 Å². The third kappa shape index (κ3) is 3.69. The Morgan fingerprint density at radius 1 is 1.45 bits per heavy atom. The second-order valence-corrected chi connectivity index (χ2v) is 5.14. The topological polar surface area (TPSA) is 82.5 Å². The number of hydrogen-bond acceptors (Lipinski definition) is 4. The Bertz CT molecular complexity index is 502. The number of aromatic nitrogens is 1. The van der Waals surface area contributed by atoms with Gasteiger partial charge in [-0.25, -0.2) is 4.79 Å². The molecule has 2 N–H and O–H groups in total. The predicted molar refractivity (Wildman–Crippen MR) is 76.8 cm³/mol. The lowest BCUT2D eigenvalue weighted by molar-refractivity contribution is -0.141. The number of rotatable bonds is 6. The minimum atomic E-state index is -1.06. The van der Waals surface area contributed by atoms with Gasteiger partial charge in [0.2, 0.25) is 0 Å². The number of nitrogens with one attached hydrogen (secondary N) is 1. The van der Waals surface area contributed by atoms with Gasteiger partial charge in [0.1, 0.15) is 11.2 Å². The zero-order valence-corrected chi connectivity index (χ0v) is 12.3. The number of aliphatic carboxylic acids is 1. The summed E-state index contributed by atoms with van der Waals surface area (Å²) in [6.45, 7) is 3.56. The minimum Gasteiger partial charge on any atom is -0.480 e. The van der Waals surface area contributed by atoms with Gasteiger partial charge < -0.3 is 15.3 Å². The molecule has 0 aliphatic heterocycles. The molecule has 1 amide bonds. The van der Waals surface area contributed by atoms with E-state index in [0.29, 0.717) is 12.1 Å². The van der Waals surface area contributed by atoms with E-state index in [9.17, 15) is 14.7 Å². The Kier molecular flexibility index (Phi) is 5.07. The minimum absolute atomic E-state index is 0.221. The molecule has 1 aromatic heterocycles. The van der Waals surface area contributed by atoms with Crippen molar-refractivity contribution in [3.05, 3.63) is 24.0 Å². The van der Waals surface area contributed by atoms with Gasteiger partial charge in [0.15, 0.2) is 0 Å². The number of carbonyl (C=O) groups is 2. The fourth-order valence-corrected chi connectivity index (χ4v) is 1.90. The summed E-state index contributed by atoms with van der Waals surface area (Å²) in [5.74, 6) is -1.14. The third-order valence-corrected chi connectivity index (χ3v) is 3.03. The summed E-state index contributed by atoms with van der Waals surface area (Å²) in [6.07, 6.45) is 2.72. The monoisotopic (exact) mass is 279 g/mol. The fourth-order valence-electron chi connectivity index (χ4n) is 1.90. The van der Waals surface area contributed by atoms with E-state index in [1.165, 1.54) is 11.1 Å². The summed E-state index contributed by atoms with van der Waals surface area (Å²) < 4.78 is 0. The first-order valence-corrected chi connectivity index (χ1v) is 6.49. The van der Waals surface area contributed by atoms with Crippen LogP contribution < -0.4 is 5.32 Å². The van der Waals surface area contributed by atoms with Crippen LogP contribution in [-0.4, -0.2) is 46.5 Å². The molecule has 6 heteroatoms. The van der Waals surface area contributed by atoms with E-state index in [2.05, 4.69) is 10.3 Å². The van der Waals surface area contributed by atoms with Gasteiger partial charge in [0, 0.05) is 26.0 Å². The molecule has 1 atom stereocenters. The van der Waals surface area contributed by atoms with E-state index in [1.54, 1.807) is 33.2 Å². The van der Waals surface area contributed by atoms with E-state index in [1.807, 2.05) is 6.92 Å². The Hall–Kier alpha value is -2.11. The van der Waals surface area contributed by atoms with E-state index in [4.69, 9.17) is 0 Å². The Morgan fingerprint density at radius 3 is 2.60 bits per heavy atom. The molecular formula is C14H21N3O3. The number of pyridine rings is 1. The maximum atomic E-state index is 11.8. The van der Waals surface area contributed by atoms with E-state index in [-0.39, 0.29) is 11.6 Å². The molecule has 0 aliphatic rings. The lowest BCUT2D eigenvalue weighted by Crippen LogP contribution is -2.43. The van der Waals surface area contributed by atoms with E-state index in [0.717, 1.165) is 6.42 Å². The summed E-state index contributed by atoms with van der Waals surface area (Å²) in [4.78, 5) is 28.7.